The van der Waals surface area contributed by atoms with Gasteiger partial charge in [-0.25, -0.2) is 13.2 Å². The molecule has 0 bridgehead atoms. The topological polar surface area (TPSA) is 165 Å². The quantitative estimate of drug-likeness (QED) is 0.297. The maximum atomic E-state index is 12.4. The second-order valence-corrected chi connectivity index (χ2v) is 9.54. The lowest BCUT2D eigenvalue weighted by atomic mass is 10.2. The number of carbonyl (C=O) groups is 1. The summed E-state index contributed by atoms with van der Waals surface area (Å²) in [5.41, 5.74) is 0.691. The average Bonchev–Trinajstić information content (AvgIpc) is 3.27. The highest BCUT2D eigenvalue weighted by atomic mass is 32.2. The largest absolute Gasteiger partial charge is 0.506 e. The number of nitrogens with zero attached hydrogens (tertiary/aromatic N) is 3. The third-order valence-corrected chi connectivity index (χ3v) is 7.16. The van der Waals surface area contributed by atoms with E-state index < -0.39 is 26.6 Å². The molecule has 0 radical (unpaired) electrons. The SMILES string of the molecule is O=C(CCCn1c(=O)oc2cc([N+](=O)[O-])ccc21)Nc1cc(N2CCCS2(=O)=O)ccc1O. The lowest BCUT2D eigenvalue weighted by molar-refractivity contribution is -0.384. The Morgan fingerprint density at radius 3 is 2.73 bits per heavy atom. The Morgan fingerprint density at radius 2 is 2.03 bits per heavy atom. The molecule has 0 saturated carbocycles. The fourth-order valence-corrected chi connectivity index (χ4v) is 5.26. The molecule has 1 saturated heterocycles. The Bertz CT molecular complexity index is 1410. The number of hydrogen-bond donors (Lipinski definition) is 2. The van der Waals surface area contributed by atoms with Crippen molar-refractivity contribution in [3.8, 4) is 5.75 Å². The Balaban J connectivity index is 1.41. The molecule has 1 aliphatic rings. The molecule has 1 aromatic heterocycles. The van der Waals surface area contributed by atoms with Crippen LogP contribution in [-0.2, 0) is 21.4 Å². The summed E-state index contributed by atoms with van der Waals surface area (Å²) in [6.07, 6.45) is 0.746. The van der Waals surface area contributed by atoms with Gasteiger partial charge in [0.1, 0.15) is 5.75 Å². The number of nitrogens with one attached hydrogen (secondary N) is 1. The van der Waals surface area contributed by atoms with Crippen molar-refractivity contribution in [1.82, 2.24) is 4.57 Å². The highest BCUT2D eigenvalue weighted by Gasteiger charge is 2.29. The zero-order valence-corrected chi connectivity index (χ0v) is 18.1. The summed E-state index contributed by atoms with van der Waals surface area (Å²) in [5, 5.41) is 23.5. The van der Waals surface area contributed by atoms with Crippen LogP contribution in [0.1, 0.15) is 19.3 Å². The molecule has 1 amide bonds. The molecule has 12 nitrogen and oxygen atoms in total. The van der Waals surface area contributed by atoms with Crippen LogP contribution >= 0.6 is 0 Å². The fourth-order valence-electron chi connectivity index (χ4n) is 3.70. The van der Waals surface area contributed by atoms with Gasteiger partial charge in [-0.3, -0.25) is 23.8 Å². The lowest BCUT2D eigenvalue weighted by Gasteiger charge is -2.18. The van der Waals surface area contributed by atoms with Gasteiger partial charge in [0.25, 0.3) is 5.69 Å². The van der Waals surface area contributed by atoms with Crippen LogP contribution in [-0.4, -0.2) is 41.2 Å². The van der Waals surface area contributed by atoms with Gasteiger partial charge in [-0.15, -0.1) is 0 Å². The number of benzene rings is 2. The van der Waals surface area contributed by atoms with Gasteiger partial charge in [-0.1, -0.05) is 0 Å². The number of carbonyl (C=O) groups excluding carboxylic acids is 1. The van der Waals surface area contributed by atoms with Crippen LogP contribution in [0, 0.1) is 10.1 Å². The molecular weight excluding hydrogens is 456 g/mol. The lowest BCUT2D eigenvalue weighted by Crippen LogP contribution is -2.25. The number of nitro groups is 1. The highest BCUT2D eigenvalue weighted by Crippen LogP contribution is 2.32. The number of nitro benzene ring substituents is 1. The van der Waals surface area contributed by atoms with Gasteiger partial charge in [0.15, 0.2) is 5.58 Å². The number of phenolic OH excluding ortho intramolecular Hbond substituents is 1. The van der Waals surface area contributed by atoms with Gasteiger partial charge in [0.05, 0.1) is 33.6 Å². The third kappa shape index (κ3) is 4.53. The number of aromatic nitrogens is 1. The van der Waals surface area contributed by atoms with Crippen molar-refractivity contribution in [3.63, 3.8) is 0 Å². The number of oxazole rings is 1. The van der Waals surface area contributed by atoms with Crippen molar-refractivity contribution in [3.05, 3.63) is 57.1 Å². The second kappa shape index (κ2) is 8.58. The van der Waals surface area contributed by atoms with Crippen LogP contribution in [0.3, 0.4) is 0 Å². The number of non-ortho nitro benzene ring substituents is 1. The summed E-state index contributed by atoms with van der Waals surface area (Å²) in [6, 6.07) is 8.02. The minimum atomic E-state index is -3.41. The molecule has 13 heteroatoms. The van der Waals surface area contributed by atoms with E-state index in [1.807, 2.05) is 0 Å². The summed E-state index contributed by atoms with van der Waals surface area (Å²) in [7, 11) is -3.41. The van der Waals surface area contributed by atoms with Crippen molar-refractivity contribution in [2.75, 3.05) is 21.9 Å². The maximum Gasteiger partial charge on any atom is 0.419 e. The number of aryl methyl sites for hydroxylation is 1. The van der Waals surface area contributed by atoms with Gasteiger partial charge >= 0.3 is 5.76 Å². The first-order valence-electron chi connectivity index (χ1n) is 10.1. The number of hydrogen-bond acceptors (Lipinski definition) is 8. The number of phenols is 1. The molecular formula is C20H20N4O8S. The van der Waals surface area contributed by atoms with E-state index in [1.54, 1.807) is 0 Å². The van der Waals surface area contributed by atoms with Crippen molar-refractivity contribution in [2.45, 2.75) is 25.8 Å². The van der Waals surface area contributed by atoms with E-state index in [4.69, 9.17) is 4.42 Å². The van der Waals surface area contributed by atoms with E-state index in [2.05, 4.69) is 5.32 Å². The standard InChI is InChI=1S/C20H20N4O8S/c25-17-7-5-13(23-9-2-10-33(23,30)31)11-15(17)21-19(26)3-1-8-22-16-6-4-14(24(28)29)12-18(16)32-20(22)27/h4-7,11-12,25H,1-3,8-10H2,(H,21,26). The molecule has 2 heterocycles. The molecule has 33 heavy (non-hydrogen) atoms. The smallest absolute Gasteiger partial charge is 0.419 e. The molecule has 174 valence electrons. The molecule has 0 unspecified atom stereocenters. The predicted octanol–water partition coefficient (Wildman–Crippen LogP) is 2.17. The summed E-state index contributed by atoms with van der Waals surface area (Å²) in [4.78, 5) is 34.7. The predicted molar refractivity (Wildman–Crippen MR) is 119 cm³/mol. The first-order chi connectivity index (χ1) is 15.7. The monoisotopic (exact) mass is 476 g/mol. The minimum Gasteiger partial charge on any atom is -0.506 e. The van der Waals surface area contributed by atoms with Crippen LogP contribution in [0.4, 0.5) is 17.1 Å². The van der Waals surface area contributed by atoms with Crippen molar-refractivity contribution >= 4 is 44.1 Å². The molecule has 1 aliphatic heterocycles. The Morgan fingerprint density at radius 1 is 1.24 bits per heavy atom. The Labute approximate surface area is 187 Å². The van der Waals surface area contributed by atoms with E-state index in [-0.39, 0.29) is 47.8 Å². The molecule has 4 rings (SSSR count). The van der Waals surface area contributed by atoms with Crippen LogP contribution < -0.4 is 15.4 Å². The van der Waals surface area contributed by atoms with Crippen molar-refractivity contribution in [1.29, 1.82) is 0 Å². The summed E-state index contributed by atoms with van der Waals surface area (Å²) >= 11 is 0. The van der Waals surface area contributed by atoms with Crippen molar-refractivity contribution in [2.24, 2.45) is 0 Å². The zero-order chi connectivity index (χ0) is 23.8. The van der Waals surface area contributed by atoms with Crippen LogP contribution in [0.15, 0.2) is 45.6 Å². The summed E-state index contributed by atoms with van der Waals surface area (Å²) < 4.78 is 31.8. The highest BCUT2D eigenvalue weighted by molar-refractivity contribution is 7.93. The van der Waals surface area contributed by atoms with Gasteiger partial charge in [0.2, 0.25) is 15.9 Å². The third-order valence-electron chi connectivity index (χ3n) is 5.29. The number of anilines is 2. The van der Waals surface area contributed by atoms with E-state index in [0.717, 1.165) is 6.07 Å². The fraction of sp³-hybridized carbons (Fsp3) is 0.300. The van der Waals surface area contributed by atoms with Crippen LogP contribution in [0.25, 0.3) is 11.1 Å². The molecule has 2 N–H and O–H groups in total. The van der Waals surface area contributed by atoms with Gasteiger partial charge in [-0.2, -0.15) is 0 Å². The average molecular weight is 476 g/mol. The molecule has 0 spiro atoms. The molecule has 1 fully saturated rings. The van der Waals surface area contributed by atoms with Gasteiger partial charge < -0.3 is 14.8 Å². The number of rotatable bonds is 7. The van der Waals surface area contributed by atoms with Gasteiger partial charge in [-0.05, 0) is 37.1 Å². The van der Waals surface area contributed by atoms with E-state index >= 15 is 0 Å². The Hall–Kier alpha value is -3.87. The van der Waals surface area contributed by atoms with Gasteiger partial charge in [0, 0.05) is 25.6 Å². The first kappa shape index (κ1) is 22.3. The Kier molecular flexibility index (Phi) is 5.80. The summed E-state index contributed by atoms with van der Waals surface area (Å²) in [6.45, 7) is 0.464. The molecule has 0 aliphatic carbocycles. The van der Waals surface area contributed by atoms with E-state index in [0.29, 0.717) is 24.2 Å². The van der Waals surface area contributed by atoms with Crippen molar-refractivity contribution < 1.29 is 27.7 Å². The molecule has 0 atom stereocenters. The number of amides is 1. The molecule has 3 aromatic rings. The normalized spacial score (nSPS) is 15.1. The maximum absolute atomic E-state index is 12.4. The zero-order valence-electron chi connectivity index (χ0n) is 17.3. The number of sulfonamides is 1. The minimum absolute atomic E-state index is 0.00221. The van der Waals surface area contributed by atoms with E-state index in [1.165, 1.54) is 39.2 Å². The number of fused-ring (bicyclic) bond motifs is 1. The number of aromatic hydroxyl groups is 1. The van der Waals surface area contributed by atoms with E-state index in [9.17, 15) is 33.2 Å². The van der Waals surface area contributed by atoms with Crippen LogP contribution in [0.5, 0.6) is 5.75 Å². The summed E-state index contributed by atoms with van der Waals surface area (Å²) in [5.74, 6) is -1.29. The molecule has 2 aromatic carbocycles. The second-order valence-electron chi connectivity index (χ2n) is 7.52. The first-order valence-corrected chi connectivity index (χ1v) is 11.7. The van der Waals surface area contributed by atoms with Crippen LogP contribution in [0.2, 0.25) is 0 Å².